The fourth-order valence-electron chi connectivity index (χ4n) is 2.77. The van der Waals surface area contributed by atoms with Crippen molar-refractivity contribution in [1.82, 2.24) is 0 Å². The van der Waals surface area contributed by atoms with Gasteiger partial charge in [0.05, 0.1) is 11.1 Å². The molecule has 0 aromatic carbocycles. The predicted octanol–water partition coefficient (Wildman–Crippen LogP) is 4.86. The highest BCUT2D eigenvalue weighted by Gasteiger charge is 2.38. The Hall–Kier alpha value is -1.64. The maximum Gasteiger partial charge on any atom is 0.158 e. The van der Waals surface area contributed by atoms with Crippen LogP contribution in [0, 0.1) is 24.2 Å². The van der Waals surface area contributed by atoms with Gasteiger partial charge in [-0.25, -0.2) is 4.99 Å². The number of hydrogen-bond acceptors (Lipinski definition) is 5. The first kappa shape index (κ1) is 17.7. The highest BCUT2D eigenvalue weighted by Crippen LogP contribution is 2.44. The molecule has 2 rings (SSSR count). The SMILES string of the molecule is C/C=C/CSC1=NC(C)=C(C(C)=O)[C@H](c2sccc2C)C1C#N. The van der Waals surface area contributed by atoms with Gasteiger partial charge >= 0.3 is 0 Å². The second-order valence-corrected chi connectivity index (χ2v) is 7.43. The van der Waals surface area contributed by atoms with Gasteiger partial charge in [-0.15, -0.1) is 23.1 Å². The highest BCUT2D eigenvalue weighted by atomic mass is 32.2. The molecule has 2 heterocycles. The van der Waals surface area contributed by atoms with Crippen LogP contribution in [0.5, 0.6) is 0 Å². The molecule has 0 bridgehead atoms. The summed E-state index contributed by atoms with van der Waals surface area (Å²) in [6.07, 6.45) is 4.04. The van der Waals surface area contributed by atoms with Crippen molar-refractivity contribution in [2.45, 2.75) is 33.6 Å². The van der Waals surface area contributed by atoms with Crippen LogP contribution in [0.4, 0.5) is 0 Å². The molecule has 0 saturated heterocycles. The average molecular weight is 345 g/mol. The second-order valence-electron chi connectivity index (χ2n) is 5.44. The minimum absolute atomic E-state index is 0.00167. The van der Waals surface area contributed by atoms with E-state index in [0.29, 0.717) is 5.57 Å². The molecule has 120 valence electrons. The number of aliphatic imine (C=N–C) groups is 1. The Bertz CT molecular complexity index is 734. The minimum Gasteiger partial charge on any atom is -0.295 e. The van der Waals surface area contributed by atoms with E-state index in [2.05, 4.69) is 11.1 Å². The second kappa shape index (κ2) is 7.76. The molecular weight excluding hydrogens is 324 g/mol. The maximum absolute atomic E-state index is 12.2. The fourth-order valence-corrected chi connectivity index (χ4v) is 4.87. The van der Waals surface area contributed by atoms with Gasteiger partial charge < -0.3 is 0 Å². The van der Waals surface area contributed by atoms with Crippen LogP contribution in [0.25, 0.3) is 0 Å². The van der Waals surface area contributed by atoms with Crippen molar-refractivity contribution in [2.75, 3.05) is 5.75 Å². The van der Waals surface area contributed by atoms with Crippen LogP contribution >= 0.6 is 23.1 Å². The third kappa shape index (κ3) is 3.65. The number of nitriles is 1. The van der Waals surface area contributed by atoms with E-state index in [1.807, 2.05) is 44.4 Å². The van der Waals surface area contributed by atoms with Gasteiger partial charge in [0.25, 0.3) is 0 Å². The molecule has 1 unspecified atom stereocenters. The van der Waals surface area contributed by atoms with Crippen molar-refractivity contribution in [3.8, 4) is 6.07 Å². The van der Waals surface area contributed by atoms with E-state index in [4.69, 9.17) is 0 Å². The van der Waals surface area contributed by atoms with Crippen molar-refractivity contribution in [2.24, 2.45) is 10.9 Å². The van der Waals surface area contributed by atoms with E-state index in [9.17, 15) is 10.1 Å². The number of carbonyl (C=O) groups is 1. The lowest BCUT2D eigenvalue weighted by Crippen LogP contribution is -2.27. The number of thiophene rings is 1. The smallest absolute Gasteiger partial charge is 0.158 e. The quantitative estimate of drug-likeness (QED) is 0.733. The van der Waals surface area contributed by atoms with Gasteiger partial charge in [0, 0.05) is 27.8 Å². The van der Waals surface area contributed by atoms with Gasteiger partial charge in [0.15, 0.2) is 5.78 Å². The van der Waals surface area contributed by atoms with Crippen molar-refractivity contribution in [3.63, 3.8) is 0 Å². The summed E-state index contributed by atoms with van der Waals surface area (Å²) in [6.45, 7) is 7.45. The van der Waals surface area contributed by atoms with Gasteiger partial charge in [-0.1, -0.05) is 12.2 Å². The number of allylic oxidation sites excluding steroid dienone is 3. The van der Waals surface area contributed by atoms with E-state index in [1.54, 1.807) is 30.0 Å². The van der Waals surface area contributed by atoms with Crippen LogP contribution in [0.1, 0.15) is 37.1 Å². The first-order valence-corrected chi connectivity index (χ1v) is 9.35. The van der Waals surface area contributed by atoms with E-state index in [-0.39, 0.29) is 11.7 Å². The Morgan fingerprint density at radius 1 is 1.52 bits per heavy atom. The van der Waals surface area contributed by atoms with Crippen molar-refractivity contribution >= 4 is 33.9 Å². The summed E-state index contributed by atoms with van der Waals surface area (Å²) >= 11 is 3.19. The summed E-state index contributed by atoms with van der Waals surface area (Å²) in [5.74, 6) is 0.182. The third-order valence-corrected chi connectivity index (χ3v) is 5.95. The molecule has 0 saturated carbocycles. The van der Waals surface area contributed by atoms with E-state index in [0.717, 1.165) is 26.9 Å². The van der Waals surface area contributed by atoms with Gasteiger partial charge in [-0.2, -0.15) is 5.26 Å². The fraction of sp³-hybridized carbons (Fsp3) is 0.389. The Labute approximate surface area is 145 Å². The van der Waals surface area contributed by atoms with E-state index < -0.39 is 5.92 Å². The molecule has 1 aliphatic heterocycles. The molecule has 5 heteroatoms. The lowest BCUT2D eigenvalue weighted by molar-refractivity contribution is -0.114. The lowest BCUT2D eigenvalue weighted by atomic mass is 9.80. The zero-order chi connectivity index (χ0) is 17.0. The molecule has 0 radical (unpaired) electrons. The molecule has 0 fully saturated rings. The summed E-state index contributed by atoms with van der Waals surface area (Å²) < 4.78 is 0. The largest absolute Gasteiger partial charge is 0.295 e. The molecule has 0 spiro atoms. The molecule has 1 aromatic heterocycles. The van der Waals surface area contributed by atoms with Gasteiger partial charge in [-0.3, -0.25) is 4.79 Å². The molecule has 2 atom stereocenters. The van der Waals surface area contributed by atoms with Crippen LogP contribution in [-0.4, -0.2) is 16.6 Å². The number of aryl methyl sites for hydroxylation is 1. The minimum atomic E-state index is -0.398. The normalized spacial score (nSPS) is 21.4. The summed E-state index contributed by atoms with van der Waals surface area (Å²) in [5, 5.41) is 12.6. The van der Waals surface area contributed by atoms with Crippen LogP contribution in [0.2, 0.25) is 0 Å². The molecule has 1 aromatic rings. The van der Waals surface area contributed by atoms with Gasteiger partial charge in [-0.05, 0) is 44.7 Å². The first-order valence-electron chi connectivity index (χ1n) is 7.49. The van der Waals surface area contributed by atoms with Crippen LogP contribution in [0.15, 0.2) is 39.9 Å². The van der Waals surface area contributed by atoms with Crippen molar-refractivity contribution in [3.05, 3.63) is 45.3 Å². The average Bonchev–Trinajstić information content (AvgIpc) is 2.92. The lowest BCUT2D eigenvalue weighted by Gasteiger charge is -2.29. The van der Waals surface area contributed by atoms with E-state index >= 15 is 0 Å². The third-order valence-electron chi connectivity index (χ3n) is 3.84. The summed E-state index contributed by atoms with van der Waals surface area (Å²) in [6, 6.07) is 4.44. The molecule has 0 N–H and O–H groups in total. The Balaban J connectivity index is 2.53. The Kier molecular flexibility index (Phi) is 5.97. The molecule has 0 aliphatic carbocycles. The van der Waals surface area contributed by atoms with Crippen LogP contribution in [-0.2, 0) is 4.79 Å². The summed E-state index contributed by atoms with van der Waals surface area (Å²) in [7, 11) is 0. The number of carbonyl (C=O) groups excluding carboxylic acids is 1. The maximum atomic E-state index is 12.2. The molecule has 23 heavy (non-hydrogen) atoms. The molecule has 1 aliphatic rings. The topological polar surface area (TPSA) is 53.2 Å². The van der Waals surface area contributed by atoms with E-state index in [1.165, 1.54) is 0 Å². The number of rotatable bonds is 4. The van der Waals surface area contributed by atoms with Crippen molar-refractivity contribution < 1.29 is 4.79 Å². The van der Waals surface area contributed by atoms with Crippen LogP contribution < -0.4 is 0 Å². The first-order chi connectivity index (χ1) is 11.0. The Morgan fingerprint density at radius 3 is 2.78 bits per heavy atom. The monoisotopic (exact) mass is 344 g/mol. The Morgan fingerprint density at radius 2 is 2.26 bits per heavy atom. The zero-order valence-electron chi connectivity index (χ0n) is 13.8. The predicted molar refractivity (Wildman–Crippen MR) is 99.0 cm³/mol. The highest BCUT2D eigenvalue weighted by molar-refractivity contribution is 8.14. The molecule has 0 amide bonds. The van der Waals surface area contributed by atoms with Gasteiger partial charge in [0.1, 0.15) is 5.92 Å². The standard InChI is InChI=1S/C18H20N2OS2/c1-5-6-8-23-18-14(10-19)16(17-11(2)7-9-22-17)15(13(4)21)12(3)20-18/h5-7,9,14,16H,8H2,1-4H3/b6-5+/t14?,16-/m1/s1. The number of Topliss-reactive ketones (excluding diaryl/α,β-unsaturated/α-hetero) is 1. The zero-order valence-corrected chi connectivity index (χ0v) is 15.4. The number of thioether (sulfide) groups is 1. The number of ketones is 1. The van der Waals surface area contributed by atoms with Crippen LogP contribution in [0.3, 0.4) is 0 Å². The summed E-state index contributed by atoms with van der Waals surface area (Å²) in [4.78, 5) is 17.9. The summed E-state index contributed by atoms with van der Waals surface area (Å²) in [5.41, 5.74) is 2.55. The van der Waals surface area contributed by atoms with Gasteiger partial charge in [0.2, 0.25) is 0 Å². The number of nitrogens with zero attached hydrogens (tertiary/aromatic N) is 2. The molecular formula is C18H20N2OS2. The van der Waals surface area contributed by atoms with Crippen molar-refractivity contribution in [1.29, 1.82) is 5.26 Å². The molecule has 3 nitrogen and oxygen atoms in total. The number of hydrogen-bond donors (Lipinski definition) is 0.